The van der Waals surface area contributed by atoms with Crippen molar-refractivity contribution >= 4 is 17.3 Å². The summed E-state index contributed by atoms with van der Waals surface area (Å²) in [5.41, 5.74) is 0.841. The van der Waals surface area contributed by atoms with E-state index >= 15 is 0 Å². The van der Waals surface area contributed by atoms with Gasteiger partial charge in [-0.3, -0.25) is 0 Å². The Morgan fingerprint density at radius 3 is 2.94 bits per heavy atom. The maximum absolute atomic E-state index is 13.4. The van der Waals surface area contributed by atoms with Gasteiger partial charge >= 0.3 is 0 Å². The van der Waals surface area contributed by atoms with Crippen LogP contribution in [-0.2, 0) is 0 Å². The summed E-state index contributed by atoms with van der Waals surface area (Å²) in [4.78, 5) is 6.07. The fourth-order valence-electron chi connectivity index (χ4n) is 2.66. The van der Waals surface area contributed by atoms with E-state index in [0.717, 1.165) is 37.7 Å². The third kappa shape index (κ3) is 2.11. The second-order valence-electron chi connectivity index (χ2n) is 4.81. The van der Waals surface area contributed by atoms with Crippen LogP contribution in [0.3, 0.4) is 0 Å². The molecule has 3 rings (SSSR count). The van der Waals surface area contributed by atoms with Crippen molar-refractivity contribution in [3.8, 4) is 0 Å². The number of nitrogens with one attached hydrogen (secondary N) is 1. The van der Waals surface area contributed by atoms with Crippen molar-refractivity contribution in [2.24, 2.45) is 5.92 Å². The second-order valence-corrected chi connectivity index (χ2v) is 5.16. The van der Waals surface area contributed by atoms with E-state index < -0.39 is 5.82 Å². The summed E-state index contributed by atoms with van der Waals surface area (Å²) in [6.07, 6.45) is 3.95. The summed E-state index contributed by atoms with van der Waals surface area (Å²) in [5, 5.41) is 3.39. The number of aromatic nitrogens is 1. The van der Waals surface area contributed by atoms with E-state index in [1.807, 2.05) is 0 Å². The standard InChI is InChI=1S/C12H15ClFN3/c13-12-10(14)5-9(7-16-12)17-3-1-8-6-15-11(8)2-4-17/h5,7-8,11,15H,1-4,6H2/t8-,11-/m0/s1. The van der Waals surface area contributed by atoms with Crippen molar-refractivity contribution in [3.05, 3.63) is 23.2 Å². The van der Waals surface area contributed by atoms with Gasteiger partial charge in [0.2, 0.25) is 0 Å². The van der Waals surface area contributed by atoms with Gasteiger partial charge in [0.05, 0.1) is 11.9 Å². The topological polar surface area (TPSA) is 28.2 Å². The molecule has 0 aromatic carbocycles. The van der Waals surface area contributed by atoms with Crippen LogP contribution < -0.4 is 10.2 Å². The molecule has 1 aromatic heterocycles. The molecule has 2 atom stereocenters. The zero-order chi connectivity index (χ0) is 11.8. The van der Waals surface area contributed by atoms with Crippen LogP contribution in [0.2, 0.25) is 5.15 Å². The Labute approximate surface area is 105 Å². The highest BCUT2D eigenvalue weighted by Gasteiger charge is 2.32. The Bertz CT molecular complexity index is 412. The third-order valence-electron chi connectivity index (χ3n) is 3.84. The second kappa shape index (κ2) is 4.42. The lowest BCUT2D eigenvalue weighted by Gasteiger charge is -2.36. The molecular weight excluding hydrogens is 241 g/mol. The fraction of sp³-hybridized carbons (Fsp3) is 0.583. The molecule has 0 radical (unpaired) electrons. The number of pyridine rings is 1. The maximum Gasteiger partial charge on any atom is 0.164 e. The van der Waals surface area contributed by atoms with E-state index in [4.69, 9.17) is 11.6 Å². The molecule has 3 heterocycles. The normalized spacial score (nSPS) is 28.2. The molecular formula is C12H15ClFN3. The molecule has 0 unspecified atom stereocenters. The van der Waals surface area contributed by atoms with E-state index in [0.29, 0.717) is 6.04 Å². The van der Waals surface area contributed by atoms with Gasteiger partial charge in [-0.25, -0.2) is 9.37 Å². The van der Waals surface area contributed by atoms with Gasteiger partial charge in [-0.2, -0.15) is 0 Å². The van der Waals surface area contributed by atoms with Gasteiger partial charge in [-0.15, -0.1) is 0 Å². The van der Waals surface area contributed by atoms with Crippen molar-refractivity contribution in [3.63, 3.8) is 0 Å². The van der Waals surface area contributed by atoms with Gasteiger partial charge in [0.1, 0.15) is 0 Å². The molecule has 2 fully saturated rings. The average Bonchev–Trinajstić information content (AvgIpc) is 2.42. The first-order chi connectivity index (χ1) is 8.24. The number of hydrogen-bond acceptors (Lipinski definition) is 3. The lowest BCUT2D eigenvalue weighted by molar-refractivity contribution is 0.226. The van der Waals surface area contributed by atoms with Gasteiger partial charge in [-0.05, 0) is 25.3 Å². The largest absolute Gasteiger partial charge is 0.370 e. The van der Waals surface area contributed by atoms with Crippen molar-refractivity contribution in [1.82, 2.24) is 10.3 Å². The molecule has 92 valence electrons. The minimum absolute atomic E-state index is 0.0506. The van der Waals surface area contributed by atoms with E-state index in [-0.39, 0.29) is 5.15 Å². The molecule has 0 saturated carbocycles. The van der Waals surface area contributed by atoms with E-state index in [9.17, 15) is 4.39 Å². The molecule has 0 spiro atoms. The fourth-order valence-corrected chi connectivity index (χ4v) is 2.77. The van der Waals surface area contributed by atoms with Crippen LogP contribution in [0.5, 0.6) is 0 Å². The van der Waals surface area contributed by atoms with Crippen LogP contribution in [0.25, 0.3) is 0 Å². The molecule has 5 heteroatoms. The lowest BCUT2D eigenvalue weighted by atomic mass is 9.88. The van der Waals surface area contributed by atoms with Crippen LogP contribution in [0, 0.1) is 11.7 Å². The summed E-state index contributed by atoms with van der Waals surface area (Å²) in [6, 6.07) is 2.14. The lowest BCUT2D eigenvalue weighted by Crippen LogP contribution is -2.52. The predicted octanol–water partition coefficient (Wildman–Crippen LogP) is 2.06. The smallest absolute Gasteiger partial charge is 0.164 e. The van der Waals surface area contributed by atoms with Crippen LogP contribution in [0.15, 0.2) is 12.3 Å². The maximum atomic E-state index is 13.4. The van der Waals surface area contributed by atoms with Gasteiger partial charge in [-0.1, -0.05) is 11.6 Å². The molecule has 1 N–H and O–H groups in total. The molecule has 2 aliphatic rings. The van der Waals surface area contributed by atoms with Gasteiger partial charge in [0.15, 0.2) is 11.0 Å². The molecule has 3 nitrogen and oxygen atoms in total. The first-order valence-electron chi connectivity index (χ1n) is 6.03. The summed E-state index contributed by atoms with van der Waals surface area (Å²) in [7, 11) is 0. The number of halogens is 2. The molecule has 0 aliphatic carbocycles. The Morgan fingerprint density at radius 1 is 1.41 bits per heavy atom. The van der Waals surface area contributed by atoms with E-state index in [1.54, 1.807) is 6.20 Å². The zero-order valence-electron chi connectivity index (χ0n) is 9.50. The van der Waals surface area contributed by atoms with Crippen LogP contribution in [-0.4, -0.2) is 30.7 Å². The summed E-state index contributed by atoms with van der Waals surface area (Å²) in [6.45, 7) is 3.06. The number of anilines is 1. The summed E-state index contributed by atoms with van der Waals surface area (Å²) >= 11 is 5.59. The monoisotopic (exact) mass is 255 g/mol. The Hall–Kier alpha value is -0.870. The first-order valence-corrected chi connectivity index (χ1v) is 6.41. The number of hydrogen-bond donors (Lipinski definition) is 1. The predicted molar refractivity (Wildman–Crippen MR) is 65.9 cm³/mol. The number of rotatable bonds is 1. The van der Waals surface area contributed by atoms with Crippen LogP contribution >= 0.6 is 11.6 Å². The molecule has 1 aromatic rings. The van der Waals surface area contributed by atoms with E-state index in [1.165, 1.54) is 12.5 Å². The highest BCUT2D eigenvalue weighted by molar-refractivity contribution is 6.29. The van der Waals surface area contributed by atoms with Crippen molar-refractivity contribution in [2.45, 2.75) is 18.9 Å². The quantitative estimate of drug-likeness (QED) is 0.779. The number of fused-ring (bicyclic) bond motifs is 1. The number of nitrogens with zero attached hydrogens (tertiary/aromatic N) is 2. The van der Waals surface area contributed by atoms with Crippen LogP contribution in [0.4, 0.5) is 10.1 Å². The highest BCUT2D eigenvalue weighted by atomic mass is 35.5. The average molecular weight is 256 g/mol. The van der Waals surface area contributed by atoms with Gasteiger partial charge < -0.3 is 10.2 Å². The van der Waals surface area contributed by atoms with Crippen molar-refractivity contribution in [1.29, 1.82) is 0 Å². The molecule has 2 aliphatic heterocycles. The van der Waals surface area contributed by atoms with Crippen LogP contribution in [0.1, 0.15) is 12.8 Å². The summed E-state index contributed by atoms with van der Waals surface area (Å²) in [5.74, 6) is 0.361. The van der Waals surface area contributed by atoms with Gasteiger partial charge in [0, 0.05) is 25.2 Å². The highest BCUT2D eigenvalue weighted by Crippen LogP contribution is 2.27. The minimum Gasteiger partial charge on any atom is -0.370 e. The van der Waals surface area contributed by atoms with E-state index in [2.05, 4.69) is 15.2 Å². The molecule has 0 amide bonds. The molecule has 17 heavy (non-hydrogen) atoms. The van der Waals surface area contributed by atoms with Crippen molar-refractivity contribution < 1.29 is 4.39 Å². The van der Waals surface area contributed by atoms with Crippen molar-refractivity contribution in [2.75, 3.05) is 24.5 Å². The summed E-state index contributed by atoms with van der Waals surface area (Å²) < 4.78 is 13.4. The Morgan fingerprint density at radius 2 is 2.24 bits per heavy atom. The molecule has 2 saturated heterocycles. The van der Waals surface area contributed by atoms with Gasteiger partial charge in [0.25, 0.3) is 0 Å². The molecule has 0 bridgehead atoms. The first kappa shape index (κ1) is 11.2. The zero-order valence-corrected chi connectivity index (χ0v) is 10.3. The minimum atomic E-state index is -0.436. The Kier molecular flexibility index (Phi) is 2.92. The SMILES string of the molecule is Fc1cc(N2CC[C@H]3CN[C@H]3CC2)cnc1Cl. The third-order valence-corrected chi connectivity index (χ3v) is 4.12. The Balaban J connectivity index is 1.76.